The molecule has 0 saturated carbocycles. The van der Waals surface area contributed by atoms with E-state index in [4.69, 9.17) is 5.73 Å². The number of nitrogens with one attached hydrogen (secondary N) is 1. The molecule has 19 heavy (non-hydrogen) atoms. The third-order valence-corrected chi connectivity index (χ3v) is 4.71. The van der Waals surface area contributed by atoms with E-state index in [1.165, 1.54) is 10.5 Å². The van der Waals surface area contributed by atoms with Crippen LogP contribution in [0.15, 0.2) is 35.4 Å². The van der Waals surface area contributed by atoms with Crippen molar-refractivity contribution in [1.29, 1.82) is 0 Å². The highest BCUT2D eigenvalue weighted by molar-refractivity contribution is 7.93. The maximum absolute atomic E-state index is 12.5. The van der Waals surface area contributed by atoms with E-state index in [0.717, 1.165) is 5.56 Å². The van der Waals surface area contributed by atoms with Crippen LogP contribution in [0.5, 0.6) is 0 Å². The number of aromatic nitrogens is 2. The summed E-state index contributed by atoms with van der Waals surface area (Å²) in [7, 11) is -3.69. The van der Waals surface area contributed by atoms with Crippen molar-refractivity contribution in [3.8, 4) is 0 Å². The van der Waals surface area contributed by atoms with E-state index < -0.39 is 10.0 Å². The number of aromatic amines is 1. The topological polar surface area (TPSA) is 92.1 Å². The van der Waals surface area contributed by atoms with Gasteiger partial charge in [-0.25, -0.2) is 8.42 Å². The molecule has 1 aromatic carbocycles. The van der Waals surface area contributed by atoms with E-state index in [0.29, 0.717) is 12.2 Å². The molecule has 1 aromatic heterocycles. The molecule has 2 rings (SSSR count). The van der Waals surface area contributed by atoms with Gasteiger partial charge in [-0.15, -0.1) is 0 Å². The van der Waals surface area contributed by atoms with Gasteiger partial charge in [0.2, 0.25) is 0 Å². The molecular formula is C12H16N4O2S. The van der Waals surface area contributed by atoms with Crippen molar-refractivity contribution in [1.82, 2.24) is 10.2 Å². The van der Waals surface area contributed by atoms with Crippen molar-refractivity contribution in [2.75, 3.05) is 16.6 Å². The third-order valence-electron chi connectivity index (χ3n) is 2.78. The maximum atomic E-state index is 12.5. The summed E-state index contributed by atoms with van der Waals surface area (Å²) in [5.41, 5.74) is 7.21. The Morgan fingerprint density at radius 2 is 2.16 bits per heavy atom. The molecule has 2 aromatic rings. The van der Waals surface area contributed by atoms with Crippen LogP contribution >= 0.6 is 0 Å². The van der Waals surface area contributed by atoms with Gasteiger partial charge in [0, 0.05) is 6.54 Å². The Hall–Kier alpha value is -2.02. The van der Waals surface area contributed by atoms with Crippen molar-refractivity contribution in [3.63, 3.8) is 0 Å². The summed E-state index contributed by atoms with van der Waals surface area (Å²) < 4.78 is 26.4. The minimum Gasteiger partial charge on any atom is -0.383 e. The van der Waals surface area contributed by atoms with Crippen molar-refractivity contribution in [2.45, 2.75) is 18.7 Å². The molecule has 7 heteroatoms. The molecule has 102 valence electrons. The van der Waals surface area contributed by atoms with Gasteiger partial charge in [0.1, 0.15) is 10.7 Å². The molecule has 0 spiro atoms. The normalized spacial score (nSPS) is 11.5. The smallest absolute Gasteiger partial charge is 0.269 e. The number of H-pyrrole nitrogens is 1. The monoisotopic (exact) mass is 280 g/mol. The molecule has 6 nitrogen and oxygen atoms in total. The van der Waals surface area contributed by atoms with Gasteiger partial charge in [-0.3, -0.25) is 9.40 Å². The van der Waals surface area contributed by atoms with Crippen LogP contribution in [0.4, 0.5) is 11.5 Å². The number of rotatable bonds is 4. The fourth-order valence-electron chi connectivity index (χ4n) is 1.88. The van der Waals surface area contributed by atoms with Crippen LogP contribution in [0.3, 0.4) is 0 Å². The van der Waals surface area contributed by atoms with Crippen LogP contribution in [-0.2, 0) is 10.0 Å². The largest absolute Gasteiger partial charge is 0.383 e. The third kappa shape index (κ3) is 2.41. The molecule has 0 bridgehead atoms. The number of nitrogens with zero attached hydrogens (tertiary/aromatic N) is 2. The molecule has 0 saturated heterocycles. The summed E-state index contributed by atoms with van der Waals surface area (Å²) in [5.74, 6) is 0.0473. The van der Waals surface area contributed by atoms with E-state index in [1.807, 2.05) is 25.1 Å². The predicted molar refractivity (Wildman–Crippen MR) is 74.4 cm³/mol. The van der Waals surface area contributed by atoms with E-state index in [2.05, 4.69) is 10.2 Å². The Morgan fingerprint density at radius 1 is 1.42 bits per heavy atom. The van der Waals surface area contributed by atoms with Gasteiger partial charge in [0.25, 0.3) is 10.0 Å². The predicted octanol–water partition coefficient (Wildman–Crippen LogP) is 1.52. The highest BCUT2D eigenvalue weighted by atomic mass is 32.2. The molecule has 0 amide bonds. The zero-order chi connectivity index (χ0) is 14.0. The van der Waals surface area contributed by atoms with Gasteiger partial charge >= 0.3 is 0 Å². The number of hydrogen-bond donors (Lipinski definition) is 2. The number of sulfonamides is 1. The van der Waals surface area contributed by atoms with Crippen molar-refractivity contribution >= 4 is 21.5 Å². The van der Waals surface area contributed by atoms with Crippen LogP contribution in [0.25, 0.3) is 0 Å². The van der Waals surface area contributed by atoms with Crippen molar-refractivity contribution in [2.24, 2.45) is 0 Å². The van der Waals surface area contributed by atoms with Gasteiger partial charge < -0.3 is 5.73 Å². The highest BCUT2D eigenvalue weighted by Crippen LogP contribution is 2.26. The van der Waals surface area contributed by atoms with Crippen molar-refractivity contribution < 1.29 is 8.42 Å². The van der Waals surface area contributed by atoms with Crippen LogP contribution in [0, 0.1) is 6.92 Å². The van der Waals surface area contributed by atoms with Crippen LogP contribution in [0.1, 0.15) is 12.5 Å². The van der Waals surface area contributed by atoms with Gasteiger partial charge in [-0.05, 0) is 31.5 Å². The first-order valence-electron chi connectivity index (χ1n) is 5.85. The lowest BCUT2D eigenvalue weighted by molar-refractivity contribution is 0.592. The average molecular weight is 280 g/mol. The molecule has 0 radical (unpaired) electrons. The summed E-state index contributed by atoms with van der Waals surface area (Å²) in [5, 5.41) is 6.10. The van der Waals surface area contributed by atoms with Gasteiger partial charge in [-0.2, -0.15) is 5.10 Å². The number of anilines is 2. The van der Waals surface area contributed by atoms with Crippen molar-refractivity contribution in [3.05, 3.63) is 36.0 Å². The number of hydrogen-bond acceptors (Lipinski definition) is 4. The Morgan fingerprint density at radius 3 is 2.68 bits per heavy atom. The summed E-state index contributed by atoms with van der Waals surface area (Å²) >= 11 is 0. The molecule has 0 aliphatic rings. The zero-order valence-electron chi connectivity index (χ0n) is 10.8. The molecule has 0 aliphatic carbocycles. The fourth-order valence-corrected chi connectivity index (χ4v) is 3.36. The second-order valence-electron chi connectivity index (χ2n) is 4.16. The van der Waals surface area contributed by atoms with Gasteiger partial charge in [-0.1, -0.05) is 12.1 Å². The minimum atomic E-state index is -3.69. The Labute approximate surface area is 112 Å². The Bertz CT molecular complexity index is 679. The SMILES string of the molecule is CCN(c1cccc(C)c1)S(=O)(=O)c1cn[nH]c1N. The lowest BCUT2D eigenvalue weighted by Crippen LogP contribution is -2.31. The van der Waals surface area contributed by atoms with E-state index in [9.17, 15) is 8.42 Å². The van der Waals surface area contributed by atoms with Crippen LogP contribution < -0.4 is 10.0 Å². The fraction of sp³-hybridized carbons (Fsp3) is 0.250. The molecule has 1 heterocycles. The first-order chi connectivity index (χ1) is 8.96. The second kappa shape index (κ2) is 4.93. The quantitative estimate of drug-likeness (QED) is 0.888. The minimum absolute atomic E-state index is 0.00384. The summed E-state index contributed by atoms with van der Waals surface area (Å²) in [6, 6.07) is 7.30. The highest BCUT2D eigenvalue weighted by Gasteiger charge is 2.27. The van der Waals surface area contributed by atoms with Gasteiger partial charge in [0.05, 0.1) is 11.9 Å². The summed E-state index contributed by atoms with van der Waals surface area (Å²) in [6.45, 7) is 4.00. The standard InChI is InChI=1S/C12H16N4O2S/c1-3-16(10-6-4-5-9(2)7-10)19(17,18)11-8-14-15-12(11)13/h4-8H,3H2,1-2H3,(H3,13,14,15). The number of aryl methyl sites for hydroxylation is 1. The van der Waals surface area contributed by atoms with E-state index in [-0.39, 0.29) is 10.7 Å². The zero-order valence-corrected chi connectivity index (χ0v) is 11.6. The first kappa shape index (κ1) is 13.4. The van der Waals surface area contributed by atoms with E-state index in [1.54, 1.807) is 13.0 Å². The molecular weight excluding hydrogens is 264 g/mol. The van der Waals surface area contributed by atoms with E-state index >= 15 is 0 Å². The lowest BCUT2D eigenvalue weighted by Gasteiger charge is -2.22. The second-order valence-corrected chi connectivity index (χ2v) is 5.99. The van der Waals surface area contributed by atoms with Crippen LogP contribution in [0.2, 0.25) is 0 Å². The van der Waals surface area contributed by atoms with Crippen LogP contribution in [-0.4, -0.2) is 25.2 Å². The summed E-state index contributed by atoms with van der Waals surface area (Å²) in [4.78, 5) is -0.00384. The molecule has 0 unspecified atom stereocenters. The molecule has 3 N–H and O–H groups in total. The molecule has 0 aliphatic heterocycles. The maximum Gasteiger partial charge on any atom is 0.269 e. The molecule has 0 atom stereocenters. The Kier molecular flexibility index (Phi) is 3.48. The average Bonchev–Trinajstić information content (AvgIpc) is 2.77. The first-order valence-corrected chi connectivity index (χ1v) is 7.29. The number of nitrogens with two attached hydrogens (primary N) is 1. The lowest BCUT2D eigenvalue weighted by atomic mass is 10.2. The Balaban J connectivity index is 2.51. The number of nitrogen functional groups attached to an aromatic ring is 1. The number of benzene rings is 1. The van der Waals surface area contributed by atoms with Gasteiger partial charge in [0.15, 0.2) is 0 Å². The molecule has 0 fully saturated rings. The summed E-state index contributed by atoms with van der Waals surface area (Å²) in [6.07, 6.45) is 1.23.